The highest BCUT2D eigenvalue weighted by atomic mass is 35.5. The van der Waals surface area contributed by atoms with E-state index >= 15 is 0 Å². The Balaban J connectivity index is 2.05. The van der Waals surface area contributed by atoms with E-state index in [1.807, 2.05) is 12.1 Å². The van der Waals surface area contributed by atoms with Gasteiger partial charge in [0, 0.05) is 0 Å². The highest BCUT2D eigenvalue weighted by Crippen LogP contribution is 2.27. The lowest BCUT2D eigenvalue weighted by molar-refractivity contribution is 0.406. The minimum absolute atomic E-state index is 0.641. The van der Waals surface area contributed by atoms with Crippen molar-refractivity contribution in [1.82, 2.24) is 5.32 Å². The van der Waals surface area contributed by atoms with E-state index in [0.29, 0.717) is 10.0 Å². The van der Waals surface area contributed by atoms with Crippen LogP contribution in [0.15, 0.2) is 18.2 Å². The molecule has 1 nitrogen and oxygen atoms in total. The molecule has 1 aliphatic heterocycles. The molecule has 1 aromatic rings. The molecule has 1 aliphatic rings. The van der Waals surface area contributed by atoms with Crippen LogP contribution in [0, 0.1) is 11.8 Å². The predicted octanol–water partition coefficient (Wildman–Crippen LogP) is 3.78. The van der Waals surface area contributed by atoms with Crippen molar-refractivity contribution in [2.75, 3.05) is 13.1 Å². The fourth-order valence-electron chi connectivity index (χ4n) is 2.47. The van der Waals surface area contributed by atoms with Gasteiger partial charge in [-0.05, 0) is 49.0 Å². The van der Waals surface area contributed by atoms with Crippen molar-refractivity contribution in [3.05, 3.63) is 33.8 Å². The van der Waals surface area contributed by atoms with E-state index in [4.69, 9.17) is 23.2 Å². The van der Waals surface area contributed by atoms with Crippen LogP contribution in [0.25, 0.3) is 0 Å². The Kier molecular flexibility index (Phi) is 4.12. The van der Waals surface area contributed by atoms with Gasteiger partial charge in [-0.3, -0.25) is 0 Å². The van der Waals surface area contributed by atoms with Crippen molar-refractivity contribution in [1.29, 1.82) is 0 Å². The van der Waals surface area contributed by atoms with Crippen LogP contribution in [0.3, 0.4) is 0 Å². The van der Waals surface area contributed by atoms with E-state index in [9.17, 15) is 0 Å². The maximum absolute atomic E-state index is 6.02. The molecular formula is C13H17Cl2N. The molecule has 1 N–H and O–H groups in total. The highest BCUT2D eigenvalue weighted by Gasteiger charge is 2.25. The first kappa shape index (κ1) is 12.2. The normalized spacial score (nSPS) is 24.9. The number of hydrogen-bond donors (Lipinski definition) is 1. The zero-order valence-corrected chi connectivity index (χ0v) is 11.0. The number of rotatable bonds is 3. The number of hydrogen-bond acceptors (Lipinski definition) is 1. The van der Waals surface area contributed by atoms with Gasteiger partial charge in [0.2, 0.25) is 0 Å². The maximum atomic E-state index is 6.02. The third-order valence-corrected chi connectivity index (χ3v) is 4.23. The summed E-state index contributed by atoms with van der Waals surface area (Å²) in [4.78, 5) is 0. The van der Waals surface area contributed by atoms with Gasteiger partial charge >= 0.3 is 0 Å². The SMILES string of the molecule is CC[C@@H]1CNC[C@H]1Cc1ccc(Cl)c(Cl)c1. The fourth-order valence-corrected chi connectivity index (χ4v) is 2.79. The first-order valence-electron chi connectivity index (χ1n) is 5.85. The molecule has 0 spiro atoms. The average Bonchev–Trinajstić information content (AvgIpc) is 2.71. The molecule has 0 radical (unpaired) electrons. The van der Waals surface area contributed by atoms with Crippen molar-refractivity contribution >= 4 is 23.2 Å². The summed E-state index contributed by atoms with van der Waals surface area (Å²) in [6.07, 6.45) is 2.35. The molecule has 16 heavy (non-hydrogen) atoms. The largest absolute Gasteiger partial charge is 0.316 e. The second-order valence-corrected chi connectivity index (χ2v) is 5.35. The summed E-state index contributed by atoms with van der Waals surface area (Å²) in [5.74, 6) is 1.54. The molecular weight excluding hydrogens is 241 g/mol. The van der Waals surface area contributed by atoms with Crippen LogP contribution < -0.4 is 5.32 Å². The molecule has 0 amide bonds. The van der Waals surface area contributed by atoms with E-state index in [-0.39, 0.29) is 0 Å². The maximum Gasteiger partial charge on any atom is 0.0595 e. The minimum atomic E-state index is 0.641. The lowest BCUT2D eigenvalue weighted by Crippen LogP contribution is -2.14. The van der Waals surface area contributed by atoms with Gasteiger partial charge in [-0.15, -0.1) is 0 Å². The zero-order chi connectivity index (χ0) is 11.5. The van der Waals surface area contributed by atoms with Crippen LogP contribution >= 0.6 is 23.2 Å². The van der Waals surface area contributed by atoms with Crippen molar-refractivity contribution in [3.63, 3.8) is 0 Å². The second kappa shape index (κ2) is 5.39. The van der Waals surface area contributed by atoms with Crippen molar-refractivity contribution in [2.45, 2.75) is 19.8 Å². The minimum Gasteiger partial charge on any atom is -0.316 e. The molecule has 0 saturated carbocycles. The van der Waals surface area contributed by atoms with E-state index in [2.05, 4.69) is 18.3 Å². The van der Waals surface area contributed by atoms with Gasteiger partial charge in [0.05, 0.1) is 10.0 Å². The highest BCUT2D eigenvalue weighted by molar-refractivity contribution is 6.42. The first-order chi connectivity index (χ1) is 7.70. The molecule has 0 aromatic heterocycles. The van der Waals surface area contributed by atoms with E-state index in [0.717, 1.165) is 31.3 Å². The third kappa shape index (κ3) is 2.71. The lowest BCUT2D eigenvalue weighted by Gasteiger charge is -2.16. The summed E-state index contributed by atoms with van der Waals surface area (Å²) in [5, 5.41) is 4.77. The molecule has 0 unspecified atom stereocenters. The monoisotopic (exact) mass is 257 g/mol. The van der Waals surface area contributed by atoms with Crippen molar-refractivity contribution in [2.24, 2.45) is 11.8 Å². The van der Waals surface area contributed by atoms with Crippen LogP contribution in [-0.2, 0) is 6.42 Å². The van der Waals surface area contributed by atoms with Gasteiger partial charge in [0.1, 0.15) is 0 Å². The van der Waals surface area contributed by atoms with Gasteiger partial charge in [0.25, 0.3) is 0 Å². The van der Waals surface area contributed by atoms with Crippen LogP contribution in [-0.4, -0.2) is 13.1 Å². The third-order valence-electron chi connectivity index (χ3n) is 3.49. The smallest absolute Gasteiger partial charge is 0.0595 e. The van der Waals surface area contributed by atoms with E-state index in [1.54, 1.807) is 0 Å². The summed E-state index contributed by atoms with van der Waals surface area (Å²) in [6.45, 7) is 4.54. The van der Waals surface area contributed by atoms with Gasteiger partial charge in [-0.1, -0.05) is 42.6 Å². The number of benzene rings is 1. The van der Waals surface area contributed by atoms with Gasteiger partial charge in [0.15, 0.2) is 0 Å². The molecule has 2 rings (SSSR count). The Morgan fingerprint density at radius 2 is 1.94 bits per heavy atom. The van der Waals surface area contributed by atoms with Crippen LogP contribution in [0.4, 0.5) is 0 Å². The average molecular weight is 258 g/mol. The Morgan fingerprint density at radius 3 is 2.62 bits per heavy atom. The predicted molar refractivity (Wildman–Crippen MR) is 70.3 cm³/mol. The van der Waals surface area contributed by atoms with Crippen molar-refractivity contribution < 1.29 is 0 Å². The zero-order valence-electron chi connectivity index (χ0n) is 9.47. The Labute approximate surface area is 107 Å². The summed E-state index contributed by atoms with van der Waals surface area (Å²) < 4.78 is 0. The first-order valence-corrected chi connectivity index (χ1v) is 6.61. The van der Waals surface area contributed by atoms with Gasteiger partial charge < -0.3 is 5.32 Å². The summed E-state index contributed by atoms with van der Waals surface area (Å²) in [6, 6.07) is 5.97. The number of nitrogens with one attached hydrogen (secondary N) is 1. The molecule has 3 heteroatoms. The lowest BCUT2D eigenvalue weighted by atomic mass is 9.88. The summed E-state index contributed by atoms with van der Waals surface area (Å²) >= 11 is 11.9. The van der Waals surface area contributed by atoms with Crippen molar-refractivity contribution in [3.8, 4) is 0 Å². The topological polar surface area (TPSA) is 12.0 Å². The Morgan fingerprint density at radius 1 is 1.19 bits per heavy atom. The Bertz CT molecular complexity index is 365. The molecule has 1 saturated heterocycles. The van der Waals surface area contributed by atoms with E-state index in [1.165, 1.54) is 12.0 Å². The number of halogens is 2. The molecule has 88 valence electrons. The summed E-state index contributed by atoms with van der Waals surface area (Å²) in [5.41, 5.74) is 1.29. The van der Waals surface area contributed by atoms with Gasteiger partial charge in [-0.25, -0.2) is 0 Å². The summed E-state index contributed by atoms with van der Waals surface area (Å²) in [7, 11) is 0. The molecule has 2 atom stereocenters. The quantitative estimate of drug-likeness (QED) is 0.869. The molecule has 1 heterocycles. The Hall–Kier alpha value is -0.240. The van der Waals surface area contributed by atoms with Crippen LogP contribution in [0.1, 0.15) is 18.9 Å². The van der Waals surface area contributed by atoms with E-state index < -0.39 is 0 Å². The molecule has 1 fully saturated rings. The standard InChI is InChI=1S/C13H17Cl2N/c1-2-10-7-16-8-11(10)5-9-3-4-12(14)13(15)6-9/h3-4,6,10-11,16H,2,5,7-8H2,1H3/t10-,11-/m1/s1. The van der Waals surface area contributed by atoms with Crippen LogP contribution in [0.5, 0.6) is 0 Å². The fraction of sp³-hybridized carbons (Fsp3) is 0.538. The van der Waals surface area contributed by atoms with Gasteiger partial charge in [-0.2, -0.15) is 0 Å². The molecule has 0 aliphatic carbocycles. The second-order valence-electron chi connectivity index (χ2n) is 4.54. The molecule has 1 aromatic carbocycles. The molecule has 0 bridgehead atoms. The van der Waals surface area contributed by atoms with Crippen LogP contribution in [0.2, 0.25) is 10.0 Å².